The van der Waals surface area contributed by atoms with E-state index < -0.39 is 16.1 Å². The minimum absolute atomic E-state index is 0.284. The number of hydrogen-bond acceptors (Lipinski definition) is 3. The summed E-state index contributed by atoms with van der Waals surface area (Å²) in [6.45, 7) is 2.27. The highest BCUT2D eigenvalue weighted by Gasteiger charge is 2.31. The van der Waals surface area contributed by atoms with E-state index in [4.69, 9.17) is 23.2 Å². The Kier molecular flexibility index (Phi) is 8.01. The van der Waals surface area contributed by atoms with Crippen LogP contribution in [0.5, 0.6) is 0 Å². The van der Waals surface area contributed by atoms with Crippen LogP contribution >= 0.6 is 23.2 Å². The number of allylic oxidation sites excluding steroid dienone is 1. The highest BCUT2D eigenvalue weighted by atomic mass is 35.5. The van der Waals surface area contributed by atoms with Crippen molar-refractivity contribution >= 4 is 44.8 Å². The Hall–Kier alpha value is -1.24. The predicted octanol–water partition coefficient (Wildman–Crippen LogP) is 4.54. The number of nitrogens with zero attached hydrogens (tertiary/aromatic N) is 1. The topological polar surface area (TPSA) is 66.5 Å². The van der Waals surface area contributed by atoms with Gasteiger partial charge in [0, 0.05) is 16.6 Å². The summed E-state index contributed by atoms with van der Waals surface area (Å²) in [7, 11) is -3.71. The molecule has 1 aliphatic rings. The first kappa shape index (κ1) is 22.1. The summed E-state index contributed by atoms with van der Waals surface area (Å²) < 4.78 is 26.0. The van der Waals surface area contributed by atoms with Gasteiger partial charge in [-0.25, -0.2) is 8.42 Å². The fourth-order valence-corrected chi connectivity index (χ4v) is 5.03. The van der Waals surface area contributed by atoms with Gasteiger partial charge in [-0.1, -0.05) is 41.8 Å². The normalized spacial score (nSPS) is 15.8. The Bertz CT molecular complexity index is 789. The first-order valence-corrected chi connectivity index (χ1v) is 11.7. The van der Waals surface area contributed by atoms with Crippen LogP contribution in [0.15, 0.2) is 29.8 Å². The summed E-state index contributed by atoms with van der Waals surface area (Å²) in [5.41, 5.74) is 1.64. The predicted molar refractivity (Wildman–Crippen MR) is 112 cm³/mol. The summed E-state index contributed by atoms with van der Waals surface area (Å²) in [5.74, 6) is -0.324. The van der Waals surface area contributed by atoms with Crippen molar-refractivity contribution in [2.45, 2.75) is 51.5 Å². The van der Waals surface area contributed by atoms with Crippen LogP contribution < -0.4 is 9.62 Å². The molecule has 0 saturated carbocycles. The number of halogens is 2. The molecule has 0 aliphatic heterocycles. The molecule has 8 heteroatoms. The third kappa shape index (κ3) is 6.40. The number of benzene rings is 1. The van der Waals surface area contributed by atoms with Gasteiger partial charge in [-0.3, -0.25) is 9.10 Å². The lowest BCUT2D eigenvalue weighted by atomic mass is 9.97. The van der Waals surface area contributed by atoms with Crippen LogP contribution in [0.3, 0.4) is 0 Å². The zero-order valence-corrected chi connectivity index (χ0v) is 18.0. The molecule has 1 aromatic carbocycles. The number of amides is 1. The molecule has 0 bridgehead atoms. The first-order valence-electron chi connectivity index (χ1n) is 9.13. The second-order valence-electron chi connectivity index (χ2n) is 6.76. The van der Waals surface area contributed by atoms with Crippen molar-refractivity contribution in [3.8, 4) is 0 Å². The fraction of sp³-hybridized carbons (Fsp3) is 0.526. The molecule has 0 fully saturated rings. The van der Waals surface area contributed by atoms with Gasteiger partial charge < -0.3 is 5.32 Å². The SMILES string of the molecule is CC[C@@H](C(=O)NCCC1=CCCCC1)N(c1cc(Cl)cc(Cl)c1)S(C)(=O)=O. The molecule has 2 rings (SSSR count). The molecule has 0 aromatic heterocycles. The minimum Gasteiger partial charge on any atom is -0.354 e. The molecule has 150 valence electrons. The third-order valence-corrected chi connectivity index (χ3v) is 6.18. The lowest BCUT2D eigenvalue weighted by Crippen LogP contribution is -2.49. The largest absolute Gasteiger partial charge is 0.354 e. The maximum Gasteiger partial charge on any atom is 0.243 e. The quantitative estimate of drug-likeness (QED) is 0.612. The maximum atomic E-state index is 12.7. The molecule has 0 saturated heterocycles. The molecule has 27 heavy (non-hydrogen) atoms. The number of nitrogens with one attached hydrogen (secondary N) is 1. The van der Waals surface area contributed by atoms with Gasteiger partial charge >= 0.3 is 0 Å². The second kappa shape index (κ2) is 9.80. The van der Waals surface area contributed by atoms with Crippen LogP contribution in [0.4, 0.5) is 5.69 Å². The van der Waals surface area contributed by atoms with E-state index in [2.05, 4.69) is 11.4 Å². The molecule has 1 aromatic rings. The first-order chi connectivity index (χ1) is 12.7. The Morgan fingerprint density at radius 1 is 1.22 bits per heavy atom. The van der Waals surface area contributed by atoms with E-state index >= 15 is 0 Å². The Balaban J connectivity index is 2.16. The molecular formula is C19H26Cl2N2O3S. The van der Waals surface area contributed by atoms with Crippen molar-refractivity contribution in [1.29, 1.82) is 0 Å². The third-order valence-electron chi connectivity index (χ3n) is 4.56. The molecule has 0 unspecified atom stereocenters. The van der Waals surface area contributed by atoms with E-state index in [1.165, 1.54) is 36.6 Å². The summed E-state index contributed by atoms with van der Waals surface area (Å²) in [5, 5.41) is 3.50. The average Bonchev–Trinajstić information content (AvgIpc) is 2.58. The van der Waals surface area contributed by atoms with E-state index in [0.717, 1.165) is 29.8 Å². The lowest BCUT2D eigenvalue weighted by Gasteiger charge is -2.30. The molecule has 0 radical (unpaired) electrons. The minimum atomic E-state index is -3.71. The molecular weight excluding hydrogens is 407 g/mol. The summed E-state index contributed by atoms with van der Waals surface area (Å²) in [6, 6.07) is 3.65. The number of carbonyl (C=O) groups excluding carboxylic acids is 1. The van der Waals surface area contributed by atoms with Crippen LogP contribution in [0.1, 0.15) is 45.4 Å². The zero-order chi connectivity index (χ0) is 20.0. The molecule has 1 amide bonds. The molecule has 1 N–H and O–H groups in total. The number of hydrogen-bond donors (Lipinski definition) is 1. The van der Waals surface area contributed by atoms with E-state index in [9.17, 15) is 13.2 Å². The monoisotopic (exact) mass is 432 g/mol. The standard InChI is InChI=1S/C19H26Cl2N2O3S/c1-3-18(19(24)22-10-9-14-7-5-4-6-8-14)23(27(2,25)26)17-12-15(20)11-16(21)13-17/h7,11-13,18H,3-6,8-10H2,1-2H3,(H,22,24)/t18-/m0/s1. The molecule has 0 heterocycles. The van der Waals surface area contributed by atoms with Crippen molar-refractivity contribution in [2.24, 2.45) is 0 Å². The van der Waals surface area contributed by atoms with Crippen LogP contribution in [-0.4, -0.2) is 33.2 Å². The summed E-state index contributed by atoms with van der Waals surface area (Å²) in [6.07, 6.45) is 9.01. The summed E-state index contributed by atoms with van der Waals surface area (Å²) >= 11 is 12.1. The number of carbonyl (C=O) groups is 1. The fourth-order valence-electron chi connectivity index (χ4n) is 3.32. The van der Waals surface area contributed by atoms with Gasteiger partial charge in [0.15, 0.2) is 0 Å². The van der Waals surface area contributed by atoms with Crippen LogP contribution in [0, 0.1) is 0 Å². The van der Waals surface area contributed by atoms with Gasteiger partial charge in [0.25, 0.3) is 0 Å². The van der Waals surface area contributed by atoms with Crippen LogP contribution in [0.25, 0.3) is 0 Å². The van der Waals surface area contributed by atoms with Crippen LogP contribution in [-0.2, 0) is 14.8 Å². The van der Waals surface area contributed by atoms with E-state index in [1.807, 2.05) is 0 Å². The van der Waals surface area contributed by atoms with Gasteiger partial charge in [-0.05, 0) is 56.7 Å². The van der Waals surface area contributed by atoms with Crippen molar-refractivity contribution < 1.29 is 13.2 Å². The molecule has 5 nitrogen and oxygen atoms in total. The van der Waals surface area contributed by atoms with Crippen molar-refractivity contribution in [3.63, 3.8) is 0 Å². The summed E-state index contributed by atoms with van der Waals surface area (Å²) in [4.78, 5) is 12.7. The molecule has 1 aliphatic carbocycles. The highest BCUT2D eigenvalue weighted by molar-refractivity contribution is 7.92. The van der Waals surface area contributed by atoms with Gasteiger partial charge in [0.05, 0.1) is 11.9 Å². The van der Waals surface area contributed by atoms with Gasteiger partial charge in [-0.2, -0.15) is 0 Å². The van der Waals surface area contributed by atoms with Crippen molar-refractivity contribution in [2.75, 3.05) is 17.1 Å². The Labute approximate surface area is 171 Å². The van der Waals surface area contributed by atoms with Crippen LogP contribution in [0.2, 0.25) is 10.0 Å². The van der Waals surface area contributed by atoms with E-state index in [0.29, 0.717) is 23.0 Å². The molecule has 1 atom stereocenters. The number of sulfonamides is 1. The smallest absolute Gasteiger partial charge is 0.243 e. The van der Waals surface area contributed by atoms with Gasteiger partial charge in [0.2, 0.25) is 15.9 Å². The Morgan fingerprint density at radius 2 is 1.89 bits per heavy atom. The van der Waals surface area contributed by atoms with Gasteiger partial charge in [-0.15, -0.1) is 0 Å². The number of rotatable bonds is 8. The van der Waals surface area contributed by atoms with Crippen molar-refractivity contribution in [1.82, 2.24) is 5.32 Å². The lowest BCUT2D eigenvalue weighted by molar-refractivity contribution is -0.122. The van der Waals surface area contributed by atoms with E-state index in [1.54, 1.807) is 6.92 Å². The average molecular weight is 433 g/mol. The molecule has 0 spiro atoms. The highest BCUT2D eigenvalue weighted by Crippen LogP contribution is 2.29. The van der Waals surface area contributed by atoms with Crippen molar-refractivity contribution in [3.05, 3.63) is 39.9 Å². The number of anilines is 1. The van der Waals surface area contributed by atoms with Gasteiger partial charge in [0.1, 0.15) is 6.04 Å². The van der Waals surface area contributed by atoms with E-state index in [-0.39, 0.29) is 11.6 Å². The maximum absolute atomic E-state index is 12.7. The Morgan fingerprint density at radius 3 is 2.41 bits per heavy atom. The second-order valence-corrected chi connectivity index (χ2v) is 9.49. The zero-order valence-electron chi connectivity index (χ0n) is 15.7.